The molecule has 1 saturated heterocycles. The van der Waals surface area contributed by atoms with E-state index in [0.29, 0.717) is 16.7 Å². The summed E-state index contributed by atoms with van der Waals surface area (Å²) in [6.45, 7) is 3.51. The number of anilines is 2. The van der Waals surface area contributed by atoms with Gasteiger partial charge in [0, 0.05) is 45.0 Å². The average molecular weight is 529 g/mol. The van der Waals surface area contributed by atoms with E-state index in [2.05, 4.69) is 22.0 Å². The zero-order valence-corrected chi connectivity index (χ0v) is 22.7. The maximum atomic E-state index is 13.9. The van der Waals surface area contributed by atoms with E-state index >= 15 is 0 Å². The zero-order valence-electron chi connectivity index (χ0n) is 22.7. The lowest BCUT2D eigenvalue weighted by Crippen LogP contribution is -2.46. The van der Waals surface area contributed by atoms with Crippen molar-refractivity contribution < 1.29 is 9.13 Å². The van der Waals surface area contributed by atoms with Gasteiger partial charge in [-0.3, -0.25) is 4.79 Å². The molecule has 0 bridgehead atoms. The maximum Gasteiger partial charge on any atom is 0.270 e. The van der Waals surface area contributed by atoms with Crippen molar-refractivity contribution in [3.05, 3.63) is 63.3 Å². The molecule has 1 aromatic carbocycles. The van der Waals surface area contributed by atoms with E-state index in [1.165, 1.54) is 10.6 Å². The second-order valence-electron chi connectivity index (χ2n) is 10.7. The lowest BCUT2D eigenvalue weighted by atomic mass is 9.88. The Morgan fingerprint density at radius 2 is 1.85 bits per heavy atom. The highest BCUT2D eigenvalue weighted by molar-refractivity contribution is 5.92. The molecule has 3 aromatic rings. The second-order valence-corrected chi connectivity index (χ2v) is 10.7. The van der Waals surface area contributed by atoms with Gasteiger partial charge in [-0.15, -0.1) is 0 Å². The average Bonchev–Trinajstić information content (AvgIpc) is 3.46. The number of nitriles is 2. The molecule has 2 aliphatic rings. The van der Waals surface area contributed by atoms with Gasteiger partial charge in [0.15, 0.2) is 0 Å². The molecular weight excluding hydrogens is 495 g/mol. The fraction of sp³-hybridized carbons (Fsp3) is 0.467. The predicted octanol–water partition coefficient (Wildman–Crippen LogP) is 4.56. The lowest BCUT2D eigenvalue weighted by molar-refractivity contribution is 0.112. The van der Waals surface area contributed by atoms with Crippen molar-refractivity contribution in [3.63, 3.8) is 0 Å². The number of aryl methyl sites for hydroxylation is 2. The molecule has 2 fully saturated rings. The third-order valence-corrected chi connectivity index (χ3v) is 8.34. The van der Waals surface area contributed by atoms with Gasteiger partial charge in [0.25, 0.3) is 5.56 Å². The fourth-order valence-electron chi connectivity index (χ4n) is 6.23. The molecule has 2 aromatic heterocycles. The summed E-state index contributed by atoms with van der Waals surface area (Å²) in [6, 6.07) is 12.8. The topological polar surface area (TPSA) is 98.2 Å². The van der Waals surface area contributed by atoms with Crippen LogP contribution in [0.25, 0.3) is 11.0 Å². The minimum absolute atomic E-state index is 0.0409. The van der Waals surface area contributed by atoms with Crippen LogP contribution in [0.4, 0.5) is 15.8 Å². The van der Waals surface area contributed by atoms with Gasteiger partial charge >= 0.3 is 0 Å². The van der Waals surface area contributed by atoms with Crippen molar-refractivity contribution in [3.8, 4) is 12.1 Å². The first-order chi connectivity index (χ1) is 18.8. The van der Waals surface area contributed by atoms with E-state index in [0.717, 1.165) is 62.9 Å². The lowest BCUT2D eigenvalue weighted by Gasteiger charge is -2.42. The Morgan fingerprint density at radius 3 is 2.49 bits per heavy atom. The van der Waals surface area contributed by atoms with Crippen LogP contribution in [0.5, 0.6) is 0 Å². The van der Waals surface area contributed by atoms with Gasteiger partial charge in [-0.05, 0) is 81.3 Å². The van der Waals surface area contributed by atoms with Gasteiger partial charge in [0.1, 0.15) is 34.7 Å². The fourth-order valence-corrected chi connectivity index (χ4v) is 6.23. The molecule has 1 atom stereocenters. The van der Waals surface area contributed by atoms with E-state index in [1.807, 2.05) is 24.9 Å². The molecule has 0 N–H and O–H groups in total. The van der Waals surface area contributed by atoms with Gasteiger partial charge in [-0.2, -0.15) is 10.5 Å². The van der Waals surface area contributed by atoms with E-state index in [9.17, 15) is 19.7 Å². The van der Waals surface area contributed by atoms with Crippen LogP contribution in [0, 0.1) is 35.4 Å². The Balaban J connectivity index is 1.43. The molecule has 8 nitrogen and oxygen atoms in total. The smallest absolute Gasteiger partial charge is 0.270 e. The molecule has 1 saturated carbocycles. The quantitative estimate of drug-likeness (QED) is 0.463. The minimum Gasteiger partial charge on any atom is -0.376 e. The number of hydrogen-bond acceptors (Lipinski definition) is 7. The molecule has 202 valence electrons. The first kappa shape index (κ1) is 26.6. The number of ether oxygens (including phenoxy) is 1. The van der Waals surface area contributed by atoms with Crippen LogP contribution in [0.3, 0.4) is 0 Å². The summed E-state index contributed by atoms with van der Waals surface area (Å²) in [7, 11) is 3.53. The Labute approximate surface area is 227 Å². The van der Waals surface area contributed by atoms with E-state index in [1.54, 1.807) is 25.2 Å². The molecular formula is C30H33FN6O2. The normalized spacial score (nSPS) is 20.9. The summed E-state index contributed by atoms with van der Waals surface area (Å²) in [5, 5.41) is 19.4. The molecule has 1 aliphatic carbocycles. The van der Waals surface area contributed by atoms with Gasteiger partial charge in [0.05, 0.1) is 17.3 Å². The predicted molar refractivity (Wildman–Crippen MR) is 148 cm³/mol. The molecule has 39 heavy (non-hydrogen) atoms. The van der Waals surface area contributed by atoms with Crippen LogP contribution < -0.4 is 15.4 Å². The summed E-state index contributed by atoms with van der Waals surface area (Å²) in [5.41, 5.74) is 3.42. The summed E-state index contributed by atoms with van der Waals surface area (Å²) in [6.07, 6.45) is 5.76. The Morgan fingerprint density at radius 1 is 1.10 bits per heavy atom. The molecule has 9 heteroatoms. The highest BCUT2D eigenvalue weighted by Crippen LogP contribution is 2.36. The molecule has 0 unspecified atom stereocenters. The first-order valence-electron chi connectivity index (χ1n) is 13.5. The van der Waals surface area contributed by atoms with Crippen LogP contribution in [0.15, 0.2) is 35.1 Å². The van der Waals surface area contributed by atoms with Crippen LogP contribution in [0.2, 0.25) is 0 Å². The number of hydrogen-bond donors (Lipinski definition) is 0. The zero-order chi connectivity index (χ0) is 27.7. The number of pyridine rings is 2. The maximum absolute atomic E-state index is 13.9. The monoisotopic (exact) mass is 528 g/mol. The number of fused-ring (bicyclic) bond motifs is 1. The third-order valence-electron chi connectivity index (χ3n) is 8.34. The Kier molecular flexibility index (Phi) is 7.54. The van der Waals surface area contributed by atoms with E-state index < -0.39 is 0 Å². The van der Waals surface area contributed by atoms with Crippen molar-refractivity contribution in [1.29, 1.82) is 10.5 Å². The van der Waals surface area contributed by atoms with E-state index in [4.69, 9.17) is 4.74 Å². The van der Waals surface area contributed by atoms with Gasteiger partial charge in [0.2, 0.25) is 0 Å². The standard InChI is InChI=1S/C30H33FN6O2/c1-19-15-20(31)6-12-26(19)37(18-24-5-4-14-39-24)23-10-8-22(9-11-23)35(2)29-25(17-33)30(38)36(3)27-13-7-21(16-32)34-28(27)29/h6-7,12-13,15,22-24H,4-5,8-11,14,18H2,1-3H3/t22?,23?,24-/m1/s1. The highest BCUT2D eigenvalue weighted by Gasteiger charge is 2.33. The molecule has 1 aliphatic heterocycles. The van der Waals surface area contributed by atoms with Gasteiger partial charge in [-0.25, -0.2) is 9.37 Å². The Bertz CT molecular complexity index is 1520. The SMILES string of the molecule is Cc1cc(F)ccc1N(C[C@H]1CCCO1)C1CCC(N(C)c2c(C#N)c(=O)n(C)c3ccc(C#N)nc23)CC1. The van der Waals surface area contributed by atoms with Crippen molar-refractivity contribution >= 4 is 22.4 Å². The minimum atomic E-state index is -0.374. The van der Waals surface area contributed by atoms with Crippen LogP contribution in [-0.4, -0.2) is 47.9 Å². The van der Waals surface area contributed by atoms with Crippen LogP contribution in [0.1, 0.15) is 55.3 Å². The van der Waals surface area contributed by atoms with Crippen molar-refractivity contribution in [2.24, 2.45) is 7.05 Å². The number of nitrogens with zero attached hydrogens (tertiary/aromatic N) is 6. The highest BCUT2D eigenvalue weighted by atomic mass is 19.1. The van der Waals surface area contributed by atoms with E-state index in [-0.39, 0.29) is 40.8 Å². The Hall–Kier alpha value is -3.95. The summed E-state index contributed by atoms with van der Waals surface area (Å²) in [4.78, 5) is 22.0. The summed E-state index contributed by atoms with van der Waals surface area (Å²) in [5.74, 6) is -0.235. The third kappa shape index (κ3) is 5.07. The molecule has 5 rings (SSSR count). The van der Waals surface area contributed by atoms with Crippen molar-refractivity contribution in [2.75, 3.05) is 30.0 Å². The largest absolute Gasteiger partial charge is 0.376 e. The summed E-state index contributed by atoms with van der Waals surface area (Å²) >= 11 is 0. The molecule has 3 heterocycles. The van der Waals surface area contributed by atoms with Crippen LogP contribution >= 0.6 is 0 Å². The number of aromatic nitrogens is 2. The number of halogens is 1. The first-order valence-corrected chi connectivity index (χ1v) is 13.5. The van der Waals surface area contributed by atoms with Crippen molar-refractivity contribution in [2.45, 2.75) is 63.6 Å². The number of rotatable bonds is 6. The second kappa shape index (κ2) is 11.0. The summed E-state index contributed by atoms with van der Waals surface area (Å²) < 4.78 is 21.3. The van der Waals surface area contributed by atoms with Gasteiger partial charge < -0.3 is 19.1 Å². The van der Waals surface area contributed by atoms with Crippen LogP contribution in [-0.2, 0) is 11.8 Å². The molecule has 0 amide bonds. The molecule has 0 radical (unpaired) electrons. The molecule has 0 spiro atoms. The van der Waals surface area contributed by atoms with Crippen molar-refractivity contribution in [1.82, 2.24) is 9.55 Å². The number of benzene rings is 1. The van der Waals surface area contributed by atoms with Gasteiger partial charge in [-0.1, -0.05) is 0 Å².